The Morgan fingerprint density at radius 1 is 1.47 bits per heavy atom. The molecule has 1 aromatic heterocycles. The van der Waals surface area contributed by atoms with Crippen LogP contribution in [0.15, 0.2) is 6.07 Å². The van der Waals surface area contributed by atoms with Gasteiger partial charge in [0.05, 0.1) is 18.8 Å². The molecule has 5 nitrogen and oxygen atoms in total. The third-order valence-corrected chi connectivity index (χ3v) is 3.49. The molecular formula is C14H23N3O2. The highest BCUT2D eigenvalue weighted by molar-refractivity contribution is 5.52. The summed E-state index contributed by atoms with van der Waals surface area (Å²) in [7, 11) is 0. The van der Waals surface area contributed by atoms with E-state index >= 15 is 0 Å². The van der Waals surface area contributed by atoms with Crippen LogP contribution in [0.2, 0.25) is 0 Å². The predicted molar refractivity (Wildman–Crippen MR) is 75.2 cm³/mol. The van der Waals surface area contributed by atoms with Gasteiger partial charge < -0.3 is 20.5 Å². The van der Waals surface area contributed by atoms with Crippen LogP contribution >= 0.6 is 0 Å². The minimum absolute atomic E-state index is 0.0313. The summed E-state index contributed by atoms with van der Waals surface area (Å²) in [4.78, 5) is 6.82. The standard InChI is InChI=1S/C14H23N3O2/c1-9-4-10(2)16-14(13(9)5-15)17-6-11(3)19-12(7-17)8-18/h4,11-12,18H,5-8,15H2,1-3H3. The van der Waals surface area contributed by atoms with Crippen LogP contribution in [-0.4, -0.2) is 42.0 Å². The molecule has 106 valence electrons. The quantitative estimate of drug-likeness (QED) is 0.843. The van der Waals surface area contributed by atoms with E-state index in [0.717, 1.165) is 23.6 Å². The van der Waals surface area contributed by atoms with Gasteiger partial charge in [-0.3, -0.25) is 0 Å². The molecule has 3 N–H and O–H groups in total. The van der Waals surface area contributed by atoms with Crippen molar-refractivity contribution in [1.29, 1.82) is 0 Å². The molecule has 19 heavy (non-hydrogen) atoms. The van der Waals surface area contributed by atoms with E-state index in [0.29, 0.717) is 13.1 Å². The molecule has 0 bridgehead atoms. The molecule has 1 aliphatic heterocycles. The third-order valence-electron chi connectivity index (χ3n) is 3.49. The number of morpholine rings is 1. The van der Waals surface area contributed by atoms with Gasteiger partial charge in [0.1, 0.15) is 5.82 Å². The summed E-state index contributed by atoms with van der Waals surface area (Å²) in [6, 6.07) is 2.05. The molecule has 0 radical (unpaired) electrons. The lowest BCUT2D eigenvalue weighted by atomic mass is 10.1. The molecule has 5 heteroatoms. The van der Waals surface area contributed by atoms with Crippen molar-refractivity contribution in [3.8, 4) is 0 Å². The fraction of sp³-hybridized carbons (Fsp3) is 0.643. The van der Waals surface area contributed by atoms with E-state index in [-0.39, 0.29) is 18.8 Å². The molecule has 0 amide bonds. The second kappa shape index (κ2) is 5.86. The van der Waals surface area contributed by atoms with Gasteiger partial charge in [0, 0.05) is 30.9 Å². The lowest BCUT2D eigenvalue weighted by molar-refractivity contribution is -0.0423. The van der Waals surface area contributed by atoms with E-state index in [9.17, 15) is 5.11 Å². The molecule has 2 heterocycles. The minimum atomic E-state index is -0.156. The Morgan fingerprint density at radius 3 is 2.84 bits per heavy atom. The smallest absolute Gasteiger partial charge is 0.133 e. The highest BCUT2D eigenvalue weighted by Gasteiger charge is 2.27. The SMILES string of the molecule is Cc1cc(C)c(CN)c(N2CC(C)OC(CO)C2)n1. The Labute approximate surface area is 114 Å². The van der Waals surface area contributed by atoms with E-state index in [1.165, 1.54) is 5.56 Å². The van der Waals surface area contributed by atoms with Gasteiger partial charge in [0.15, 0.2) is 0 Å². The van der Waals surface area contributed by atoms with Gasteiger partial charge in [-0.15, -0.1) is 0 Å². The van der Waals surface area contributed by atoms with Gasteiger partial charge in [-0.05, 0) is 32.4 Å². The number of ether oxygens (including phenoxy) is 1. The highest BCUT2D eigenvalue weighted by Crippen LogP contribution is 2.25. The number of aryl methyl sites for hydroxylation is 2. The summed E-state index contributed by atoms with van der Waals surface area (Å²) in [5.74, 6) is 0.939. The summed E-state index contributed by atoms with van der Waals surface area (Å²) in [6.07, 6.45) is -0.0730. The first-order valence-electron chi connectivity index (χ1n) is 6.73. The number of rotatable bonds is 3. The number of hydrogen-bond donors (Lipinski definition) is 2. The highest BCUT2D eigenvalue weighted by atomic mass is 16.5. The zero-order chi connectivity index (χ0) is 14.0. The monoisotopic (exact) mass is 265 g/mol. The minimum Gasteiger partial charge on any atom is -0.394 e. The number of aromatic nitrogens is 1. The van der Waals surface area contributed by atoms with Crippen molar-refractivity contribution in [2.45, 2.75) is 39.5 Å². The zero-order valence-corrected chi connectivity index (χ0v) is 11.9. The lowest BCUT2D eigenvalue weighted by Gasteiger charge is -2.38. The first kappa shape index (κ1) is 14.2. The number of anilines is 1. The molecule has 1 saturated heterocycles. The Morgan fingerprint density at radius 2 is 2.21 bits per heavy atom. The van der Waals surface area contributed by atoms with Crippen molar-refractivity contribution >= 4 is 5.82 Å². The number of nitrogens with two attached hydrogens (primary N) is 1. The van der Waals surface area contributed by atoms with Crippen molar-refractivity contribution in [1.82, 2.24) is 4.98 Å². The number of nitrogens with zero attached hydrogens (tertiary/aromatic N) is 2. The van der Waals surface area contributed by atoms with Crippen LogP contribution in [0.3, 0.4) is 0 Å². The molecule has 1 fully saturated rings. The molecule has 0 saturated carbocycles. The van der Waals surface area contributed by atoms with E-state index < -0.39 is 0 Å². The number of hydrogen-bond acceptors (Lipinski definition) is 5. The fourth-order valence-corrected chi connectivity index (χ4v) is 2.68. The summed E-state index contributed by atoms with van der Waals surface area (Å²) in [5.41, 5.74) is 9.10. The van der Waals surface area contributed by atoms with E-state index in [4.69, 9.17) is 10.5 Å². The Kier molecular flexibility index (Phi) is 4.39. The fourth-order valence-electron chi connectivity index (χ4n) is 2.68. The van der Waals surface area contributed by atoms with Crippen LogP contribution in [0.25, 0.3) is 0 Å². The van der Waals surface area contributed by atoms with Gasteiger partial charge in [-0.2, -0.15) is 0 Å². The van der Waals surface area contributed by atoms with Crippen LogP contribution in [0.4, 0.5) is 5.82 Å². The van der Waals surface area contributed by atoms with E-state index in [2.05, 4.69) is 22.9 Å². The molecule has 0 aliphatic carbocycles. The largest absolute Gasteiger partial charge is 0.394 e. The van der Waals surface area contributed by atoms with Gasteiger partial charge >= 0.3 is 0 Å². The van der Waals surface area contributed by atoms with Crippen LogP contribution in [-0.2, 0) is 11.3 Å². The van der Waals surface area contributed by atoms with Crippen LogP contribution in [0, 0.1) is 13.8 Å². The second-order valence-corrected chi connectivity index (χ2v) is 5.24. The van der Waals surface area contributed by atoms with Gasteiger partial charge in [-0.1, -0.05) is 0 Å². The lowest BCUT2D eigenvalue weighted by Crippen LogP contribution is -2.48. The Hall–Kier alpha value is -1.17. The topological polar surface area (TPSA) is 71.6 Å². The molecule has 0 spiro atoms. The molecule has 2 rings (SSSR count). The predicted octanol–water partition coefficient (Wildman–Crippen LogP) is 0.743. The Bertz CT molecular complexity index is 451. The van der Waals surface area contributed by atoms with Crippen LogP contribution in [0.1, 0.15) is 23.7 Å². The van der Waals surface area contributed by atoms with Crippen molar-refractivity contribution in [3.63, 3.8) is 0 Å². The van der Waals surface area contributed by atoms with Crippen LogP contribution in [0.5, 0.6) is 0 Å². The number of aliphatic hydroxyl groups excluding tert-OH is 1. The van der Waals surface area contributed by atoms with Gasteiger partial charge in [-0.25, -0.2) is 4.98 Å². The summed E-state index contributed by atoms with van der Waals surface area (Å²) >= 11 is 0. The maximum Gasteiger partial charge on any atom is 0.133 e. The summed E-state index contributed by atoms with van der Waals surface area (Å²) in [5, 5.41) is 9.31. The molecule has 0 aromatic carbocycles. The zero-order valence-electron chi connectivity index (χ0n) is 11.9. The van der Waals surface area contributed by atoms with Gasteiger partial charge in [0.25, 0.3) is 0 Å². The summed E-state index contributed by atoms with van der Waals surface area (Å²) < 4.78 is 5.67. The molecule has 2 atom stereocenters. The van der Waals surface area contributed by atoms with Crippen molar-refractivity contribution in [2.75, 3.05) is 24.6 Å². The van der Waals surface area contributed by atoms with Crippen LogP contribution < -0.4 is 10.6 Å². The first-order valence-corrected chi connectivity index (χ1v) is 6.73. The maximum absolute atomic E-state index is 9.31. The first-order chi connectivity index (χ1) is 9.05. The normalized spacial score (nSPS) is 23.7. The second-order valence-electron chi connectivity index (χ2n) is 5.24. The third kappa shape index (κ3) is 3.05. The molecule has 2 unspecified atom stereocenters. The number of pyridine rings is 1. The molecule has 1 aromatic rings. The molecular weight excluding hydrogens is 242 g/mol. The van der Waals surface area contributed by atoms with Crippen molar-refractivity contribution < 1.29 is 9.84 Å². The van der Waals surface area contributed by atoms with Crippen molar-refractivity contribution in [3.05, 3.63) is 22.9 Å². The number of aliphatic hydroxyl groups is 1. The van der Waals surface area contributed by atoms with Crippen molar-refractivity contribution in [2.24, 2.45) is 5.73 Å². The van der Waals surface area contributed by atoms with E-state index in [1.54, 1.807) is 0 Å². The molecule has 1 aliphatic rings. The Balaban J connectivity index is 2.34. The average molecular weight is 265 g/mol. The van der Waals surface area contributed by atoms with E-state index in [1.807, 2.05) is 13.8 Å². The summed E-state index contributed by atoms with van der Waals surface area (Å²) in [6.45, 7) is 8.01. The average Bonchev–Trinajstić information content (AvgIpc) is 2.37. The maximum atomic E-state index is 9.31. The van der Waals surface area contributed by atoms with Gasteiger partial charge in [0.2, 0.25) is 0 Å².